The van der Waals surface area contributed by atoms with Crippen LogP contribution in [-0.2, 0) is 17.9 Å². The second-order valence-corrected chi connectivity index (χ2v) is 7.09. The molecule has 1 amide bonds. The Balaban J connectivity index is 1.90. The summed E-state index contributed by atoms with van der Waals surface area (Å²) in [4.78, 5) is 37.5. The third-order valence-corrected chi connectivity index (χ3v) is 4.94. The molecule has 0 aliphatic heterocycles. The predicted octanol–water partition coefficient (Wildman–Crippen LogP) is 2.17. The molecule has 0 aliphatic carbocycles. The highest BCUT2D eigenvalue weighted by molar-refractivity contribution is 7.04. The van der Waals surface area contributed by atoms with Crippen LogP contribution in [0.5, 0.6) is 0 Å². The van der Waals surface area contributed by atoms with Gasteiger partial charge in [0.05, 0.1) is 5.52 Å². The van der Waals surface area contributed by atoms with Crippen molar-refractivity contribution in [3.63, 3.8) is 0 Å². The number of nitrogens with one attached hydrogen (secondary N) is 1. The second-order valence-electron chi connectivity index (χ2n) is 6.05. The highest BCUT2D eigenvalue weighted by Crippen LogP contribution is 2.14. The van der Waals surface area contributed by atoms with Crippen LogP contribution in [0.25, 0.3) is 11.0 Å². The molecule has 0 aliphatic rings. The van der Waals surface area contributed by atoms with Gasteiger partial charge in [0.2, 0.25) is 5.91 Å². The minimum Gasteiger partial charge on any atom is -0.350 e. The van der Waals surface area contributed by atoms with Crippen LogP contribution in [0.3, 0.4) is 0 Å². The van der Waals surface area contributed by atoms with Crippen LogP contribution in [0.1, 0.15) is 25.5 Å². The van der Waals surface area contributed by atoms with Crippen molar-refractivity contribution in [1.29, 1.82) is 0 Å². The zero-order valence-corrected chi connectivity index (χ0v) is 15.8. The number of amides is 1. The molecule has 0 radical (unpaired) electrons. The highest BCUT2D eigenvalue weighted by atomic mass is 35.5. The van der Waals surface area contributed by atoms with Gasteiger partial charge >= 0.3 is 5.69 Å². The fourth-order valence-electron chi connectivity index (χ4n) is 2.65. The van der Waals surface area contributed by atoms with Crippen LogP contribution in [0.4, 0.5) is 0 Å². The molecule has 0 fully saturated rings. The van der Waals surface area contributed by atoms with Crippen molar-refractivity contribution in [3.05, 3.63) is 61.1 Å². The van der Waals surface area contributed by atoms with E-state index >= 15 is 0 Å². The van der Waals surface area contributed by atoms with E-state index in [4.69, 9.17) is 11.6 Å². The first kappa shape index (κ1) is 18.3. The molecule has 2 heterocycles. The van der Waals surface area contributed by atoms with Gasteiger partial charge in [-0.1, -0.05) is 29.8 Å². The van der Waals surface area contributed by atoms with Crippen molar-refractivity contribution >= 4 is 40.1 Å². The Morgan fingerprint density at radius 2 is 2.04 bits per heavy atom. The van der Waals surface area contributed by atoms with Gasteiger partial charge < -0.3 is 5.32 Å². The summed E-state index contributed by atoms with van der Waals surface area (Å²) in [6.45, 7) is 3.53. The minimum atomic E-state index is -0.523. The molecule has 0 unspecified atom stereocenters. The molecular formula is C17H17ClN4O3S. The number of carbonyl (C=O) groups is 1. The number of benzene rings is 1. The Bertz CT molecular complexity index is 1080. The molecule has 1 aromatic carbocycles. The molecule has 0 saturated heterocycles. The van der Waals surface area contributed by atoms with Crippen LogP contribution in [0, 0.1) is 0 Å². The summed E-state index contributed by atoms with van der Waals surface area (Å²) in [5.41, 5.74) is 0.390. The van der Waals surface area contributed by atoms with Gasteiger partial charge in [-0.3, -0.25) is 18.7 Å². The Hall–Kier alpha value is -2.45. The van der Waals surface area contributed by atoms with Crippen LogP contribution >= 0.6 is 23.1 Å². The summed E-state index contributed by atoms with van der Waals surface area (Å²) in [6, 6.07) is 6.86. The normalized spacial score (nSPS) is 11.2. The van der Waals surface area contributed by atoms with Crippen molar-refractivity contribution in [2.24, 2.45) is 0 Å². The zero-order chi connectivity index (χ0) is 18.8. The molecule has 3 rings (SSSR count). The first-order valence-corrected chi connectivity index (χ1v) is 9.21. The van der Waals surface area contributed by atoms with Crippen molar-refractivity contribution in [2.45, 2.75) is 33.0 Å². The number of nitrogens with zero attached hydrogens (tertiary/aromatic N) is 3. The van der Waals surface area contributed by atoms with E-state index in [1.54, 1.807) is 25.3 Å². The first-order chi connectivity index (χ1) is 12.4. The van der Waals surface area contributed by atoms with E-state index in [1.165, 1.54) is 4.57 Å². The summed E-state index contributed by atoms with van der Waals surface area (Å²) < 4.78 is 6.47. The average molecular weight is 393 g/mol. The van der Waals surface area contributed by atoms with E-state index in [-0.39, 0.29) is 30.6 Å². The molecule has 7 nitrogen and oxygen atoms in total. The van der Waals surface area contributed by atoms with E-state index in [0.29, 0.717) is 10.5 Å². The topological polar surface area (TPSA) is 86.0 Å². The molecule has 136 valence electrons. The summed E-state index contributed by atoms with van der Waals surface area (Å²) in [6.07, 6.45) is 0. The molecule has 2 aromatic heterocycles. The van der Waals surface area contributed by atoms with Crippen molar-refractivity contribution in [1.82, 2.24) is 18.8 Å². The second kappa shape index (κ2) is 7.43. The van der Waals surface area contributed by atoms with Gasteiger partial charge in [0.25, 0.3) is 5.56 Å². The van der Waals surface area contributed by atoms with Crippen molar-refractivity contribution in [3.8, 4) is 0 Å². The first-order valence-electron chi connectivity index (χ1n) is 7.99. The molecule has 0 spiro atoms. The van der Waals surface area contributed by atoms with Gasteiger partial charge in [0, 0.05) is 23.0 Å². The SMILES string of the molecule is CC(C)n1c(=O)c2nscc2n(CC(=O)NCc2ccccc2Cl)c1=O. The molecule has 0 saturated carbocycles. The van der Waals surface area contributed by atoms with Gasteiger partial charge in [-0.05, 0) is 37.0 Å². The lowest BCUT2D eigenvalue weighted by Crippen LogP contribution is -2.43. The summed E-state index contributed by atoms with van der Waals surface area (Å²) >= 11 is 7.16. The van der Waals surface area contributed by atoms with Crippen LogP contribution in [0.2, 0.25) is 5.02 Å². The molecule has 0 bridgehead atoms. The Morgan fingerprint density at radius 1 is 1.31 bits per heavy atom. The number of hydrogen-bond acceptors (Lipinski definition) is 5. The maximum atomic E-state index is 12.7. The van der Waals surface area contributed by atoms with Crippen molar-refractivity contribution in [2.75, 3.05) is 0 Å². The standard InChI is InChI=1S/C17H17ClN4O3S/c1-10(2)22-16(24)15-13(9-26-20-15)21(17(22)25)8-14(23)19-7-11-5-3-4-6-12(11)18/h3-6,9-10H,7-8H2,1-2H3,(H,19,23). The largest absolute Gasteiger partial charge is 0.350 e. The lowest BCUT2D eigenvalue weighted by molar-refractivity contribution is -0.121. The Morgan fingerprint density at radius 3 is 2.73 bits per heavy atom. The number of carbonyl (C=O) groups excluding carboxylic acids is 1. The highest BCUT2D eigenvalue weighted by Gasteiger charge is 2.18. The molecule has 1 N–H and O–H groups in total. The predicted molar refractivity (Wildman–Crippen MR) is 102 cm³/mol. The Kier molecular flexibility index (Phi) is 5.24. The quantitative estimate of drug-likeness (QED) is 0.721. The summed E-state index contributed by atoms with van der Waals surface area (Å²) in [7, 11) is 0. The number of aromatic nitrogens is 3. The maximum absolute atomic E-state index is 12.7. The molecule has 3 aromatic rings. The fourth-order valence-corrected chi connectivity index (χ4v) is 3.52. The third kappa shape index (κ3) is 3.42. The smallest absolute Gasteiger partial charge is 0.332 e. The number of rotatable bonds is 5. The van der Waals surface area contributed by atoms with Crippen LogP contribution in [0.15, 0.2) is 39.2 Å². The number of fused-ring (bicyclic) bond motifs is 1. The summed E-state index contributed by atoms with van der Waals surface area (Å²) in [5, 5.41) is 4.91. The van der Waals surface area contributed by atoms with Crippen LogP contribution < -0.4 is 16.6 Å². The molecular weight excluding hydrogens is 376 g/mol. The zero-order valence-electron chi connectivity index (χ0n) is 14.2. The minimum absolute atomic E-state index is 0.196. The maximum Gasteiger partial charge on any atom is 0.332 e. The van der Waals surface area contributed by atoms with Crippen molar-refractivity contribution < 1.29 is 4.79 Å². The van der Waals surface area contributed by atoms with Gasteiger partial charge in [-0.15, -0.1) is 0 Å². The van der Waals surface area contributed by atoms with E-state index < -0.39 is 11.2 Å². The molecule has 26 heavy (non-hydrogen) atoms. The monoisotopic (exact) mass is 392 g/mol. The van der Waals surface area contributed by atoms with Gasteiger partial charge in [0.15, 0.2) is 5.52 Å². The van der Waals surface area contributed by atoms with E-state index in [2.05, 4.69) is 9.69 Å². The lowest BCUT2D eigenvalue weighted by Gasteiger charge is -2.14. The Labute approximate surface area is 158 Å². The van der Waals surface area contributed by atoms with Gasteiger partial charge in [-0.25, -0.2) is 4.79 Å². The molecule has 0 atom stereocenters. The molecule has 9 heteroatoms. The number of hydrogen-bond donors (Lipinski definition) is 1. The van der Waals surface area contributed by atoms with E-state index in [0.717, 1.165) is 21.7 Å². The van der Waals surface area contributed by atoms with Crippen LogP contribution in [-0.4, -0.2) is 19.4 Å². The number of halogens is 1. The van der Waals surface area contributed by atoms with Gasteiger partial charge in [0.1, 0.15) is 6.54 Å². The van der Waals surface area contributed by atoms with Gasteiger partial charge in [-0.2, -0.15) is 4.37 Å². The van der Waals surface area contributed by atoms with E-state index in [9.17, 15) is 14.4 Å². The third-order valence-electron chi connectivity index (χ3n) is 3.95. The fraction of sp³-hybridized carbons (Fsp3) is 0.294. The van der Waals surface area contributed by atoms with E-state index in [1.807, 2.05) is 18.2 Å². The summed E-state index contributed by atoms with van der Waals surface area (Å²) in [5.74, 6) is -0.353. The average Bonchev–Trinajstić information content (AvgIpc) is 3.07. The lowest BCUT2D eigenvalue weighted by atomic mass is 10.2.